The van der Waals surface area contributed by atoms with Crippen LogP contribution in [0.2, 0.25) is 5.02 Å². The number of aromatic nitrogens is 2. The molecule has 6 nitrogen and oxygen atoms in total. The number of hydrogen-bond donors (Lipinski definition) is 0. The number of carbonyl (C=O) groups is 2. The molecule has 1 saturated heterocycles. The van der Waals surface area contributed by atoms with Gasteiger partial charge in [-0.05, 0) is 44.0 Å². The molecule has 7 heteroatoms. The summed E-state index contributed by atoms with van der Waals surface area (Å²) in [5, 5.41) is 5.16. The van der Waals surface area contributed by atoms with Gasteiger partial charge in [-0.15, -0.1) is 0 Å². The van der Waals surface area contributed by atoms with Crippen LogP contribution >= 0.6 is 11.6 Å². The number of rotatable bonds is 5. The first-order valence-corrected chi connectivity index (χ1v) is 10.8. The van der Waals surface area contributed by atoms with Crippen LogP contribution in [0.5, 0.6) is 0 Å². The Balaban J connectivity index is 1.70. The Bertz CT molecular complexity index is 1060. The van der Waals surface area contributed by atoms with Gasteiger partial charge in [0.1, 0.15) is 0 Å². The van der Waals surface area contributed by atoms with Crippen molar-refractivity contribution in [3.05, 3.63) is 71.4 Å². The third kappa shape index (κ3) is 4.49. The number of benzene rings is 2. The number of nitrogens with zero attached hydrogens (tertiary/aromatic N) is 3. The van der Waals surface area contributed by atoms with Crippen molar-refractivity contribution < 1.29 is 14.3 Å². The van der Waals surface area contributed by atoms with Crippen LogP contribution in [0.15, 0.2) is 60.8 Å². The van der Waals surface area contributed by atoms with Crippen molar-refractivity contribution in [1.82, 2.24) is 14.7 Å². The molecule has 0 saturated carbocycles. The minimum Gasteiger partial charge on any atom is -0.466 e. The van der Waals surface area contributed by atoms with E-state index in [0.717, 1.165) is 24.1 Å². The second-order valence-electron chi connectivity index (χ2n) is 7.50. The number of hydrogen-bond acceptors (Lipinski definition) is 4. The van der Waals surface area contributed by atoms with Crippen molar-refractivity contribution in [1.29, 1.82) is 0 Å². The zero-order chi connectivity index (χ0) is 21.8. The largest absolute Gasteiger partial charge is 0.466 e. The topological polar surface area (TPSA) is 64.4 Å². The SMILES string of the molecule is CCOC(=O)C1CCCN(C(=O)c2cnn(-c3ccc(Cl)cc3)c2-c2ccccc2)C1. The first kappa shape index (κ1) is 21.1. The van der Waals surface area contributed by atoms with Crippen LogP contribution in [0.4, 0.5) is 0 Å². The lowest BCUT2D eigenvalue weighted by Gasteiger charge is -2.31. The van der Waals surface area contributed by atoms with Crippen molar-refractivity contribution in [3.8, 4) is 16.9 Å². The maximum atomic E-state index is 13.5. The van der Waals surface area contributed by atoms with Gasteiger partial charge in [0.05, 0.1) is 35.7 Å². The van der Waals surface area contributed by atoms with E-state index in [9.17, 15) is 9.59 Å². The van der Waals surface area contributed by atoms with Crippen molar-refractivity contribution in [3.63, 3.8) is 0 Å². The van der Waals surface area contributed by atoms with Crippen LogP contribution in [0, 0.1) is 5.92 Å². The summed E-state index contributed by atoms with van der Waals surface area (Å²) in [6, 6.07) is 17.0. The molecule has 1 fully saturated rings. The lowest BCUT2D eigenvalue weighted by atomic mass is 9.97. The molecule has 160 valence electrons. The Morgan fingerprint density at radius 1 is 1.13 bits per heavy atom. The summed E-state index contributed by atoms with van der Waals surface area (Å²) in [6.45, 7) is 3.10. The van der Waals surface area contributed by atoms with Crippen LogP contribution in [0.3, 0.4) is 0 Å². The predicted molar refractivity (Wildman–Crippen MR) is 119 cm³/mol. The molecule has 0 spiro atoms. The molecular weight excluding hydrogens is 414 g/mol. The second-order valence-corrected chi connectivity index (χ2v) is 7.94. The van der Waals surface area contributed by atoms with Gasteiger partial charge in [0.25, 0.3) is 5.91 Å². The van der Waals surface area contributed by atoms with Gasteiger partial charge in [-0.2, -0.15) is 5.10 Å². The van der Waals surface area contributed by atoms with E-state index < -0.39 is 0 Å². The van der Waals surface area contributed by atoms with Gasteiger partial charge in [-0.1, -0.05) is 41.9 Å². The fourth-order valence-electron chi connectivity index (χ4n) is 3.94. The molecule has 0 aliphatic carbocycles. The van der Waals surface area contributed by atoms with E-state index in [0.29, 0.717) is 36.0 Å². The van der Waals surface area contributed by atoms with Crippen LogP contribution in [0.25, 0.3) is 16.9 Å². The molecule has 2 heterocycles. The van der Waals surface area contributed by atoms with Gasteiger partial charge in [-0.25, -0.2) is 4.68 Å². The fraction of sp³-hybridized carbons (Fsp3) is 0.292. The zero-order valence-corrected chi connectivity index (χ0v) is 18.1. The first-order valence-electron chi connectivity index (χ1n) is 10.4. The molecule has 1 atom stereocenters. The standard InChI is InChI=1S/C24H24ClN3O3/c1-2-31-24(30)18-9-6-14-27(16-18)23(29)21-15-26-28(20-12-10-19(25)11-13-20)22(21)17-7-4-3-5-8-17/h3-5,7-8,10-13,15,18H,2,6,9,14,16H2,1H3. The third-order valence-electron chi connectivity index (χ3n) is 5.45. The highest BCUT2D eigenvalue weighted by Crippen LogP contribution is 2.29. The van der Waals surface area contributed by atoms with E-state index in [1.807, 2.05) is 42.5 Å². The monoisotopic (exact) mass is 437 g/mol. The minimum atomic E-state index is -0.288. The molecule has 1 aliphatic rings. The number of ether oxygens (including phenoxy) is 1. The van der Waals surface area contributed by atoms with E-state index >= 15 is 0 Å². The fourth-order valence-corrected chi connectivity index (χ4v) is 4.07. The Kier molecular flexibility index (Phi) is 6.37. The highest BCUT2D eigenvalue weighted by atomic mass is 35.5. The molecule has 31 heavy (non-hydrogen) atoms. The summed E-state index contributed by atoms with van der Waals surface area (Å²) < 4.78 is 6.93. The summed E-state index contributed by atoms with van der Waals surface area (Å²) in [6.07, 6.45) is 3.10. The number of halogens is 1. The van der Waals surface area contributed by atoms with E-state index in [1.54, 1.807) is 34.8 Å². The molecule has 2 aromatic carbocycles. The van der Waals surface area contributed by atoms with Gasteiger partial charge >= 0.3 is 5.97 Å². The third-order valence-corrected chi connectivity index (χ3v) is 5.70. The maximum Gasteiger partial charge on any atom is 0.310 e. The molecular formula is C24H24ClN3O3. The quantitative estimate of drug-likeness (QED) is 0.547. The molecule has 0 N–H and O–H groups in total. The minimum absolute atomic E-state index is 0.131. The summed E-state index contributed by atoms with van der Waals surface area (Å²) in [7, 11) is 0. The average Bonchev–Trinajstić information content (AvgIpc) is 3.25. The summed E-state index contributed by atoms with van der Waals surface area (Å²) >= 11 is 6.05. The molecule has 1 unspecified atom stereocenters. The lowest BCUT2D eigenvalue weighted by Crippen LogP contribution is -2.42. The second kappa shape index (κ2) is 9.35. The van der Waals surface area contributed by atoms with Crippen LogP contribution in [0.1, 0.15) is 30.1 Å². The Labute approximate surface area is 186 Å². The maximum absolute atomic E-state index is 13.5. The molecule has 0 radical (unpaired) electrons. The molecule has 4 rings (SSSR count). The number of esters is 1. The van der Waals surface area contributed by atoms with Crippen molar-refractivity contribution in [2.45, 2.75) is 19.8 Å². The van der Waals surface area contributed by atoms with E-state index in [4.69, 9.17) is 16.3 Å². The van der Waals surface area contributed by atoms with E-state index in [-0.39, 0.29) is 17.8 Å². The van der Waals surface area contributed by atoms with Crippen molar-refractivity contribution >= 4 is 23.5 Å². The van der Waals surface area contributed by atoms with Gasteiger partial charge in [0.2, 0.25) is 0 Å². The van der Waals surface area contributed by atoms with Crippen LogP contribution in [-0.4, -0.2) is 46.3 Å². The molecule has 1 aliphatic heterocycles. The predicted octanol–water partition coefficient (Wildman–Crippen LogP) is 4.61. The molecule has 0 bridgehead atoms. The van der Waals surface area contributed by atoms with Crippen molar-refractivity contribution in [2.75, 3.05) is 19.7 Å². The van der Waals surface area contributed by atoms with Crippen LogP contribution < -0.4 is 0 Å². The Hall–Kier alpha value is -3.12. The Morgan fingerprint density at radius 3 is 2.58 bits per heavy atom. The number of likely N-dealkylation sites (tertiary alicyclic amines) is 1. The van der Waals surface area contributed by atoms with Crippen molar-refractivity contribution in [2.24, 2.45) is 5.92 Å². The van der Waals surface area contributed by atoms with E-state index in [1.165, 1.54) is 0 Å². The highest BCUT2D eigenvalue weighted by molar-refractivity contribution is 6.30. The van der Waals surface area contributed by atoms with Gasteiger partial charge in [-0.3, -0.25) is 9.59 Å². The smallest absolute Gasteiger partial charge is 0.310 e. The highest BCUT2D eigenvalue weighted by Gasteiger charge is 2.32. The van der Waals surface area contributed by atoms with Crippen LogP contribution in [-0.2, 0) is 9.53 Å². The normalized spacial score (nSPS) is 16.2. The van der Waals surface area contributed by atoms with E-state index in [2.05, 4.69) is 5.10 Å². The number of piperidine rings is 1. The molecule has 1 amide bonds. The van der Waals surface area contributed by atoms with Gasteiger partial charge in [0, 0.05) is 23.7 Å². The first-order chi connectivity index (χ1) is 15.1. The lowest BCUT2D eigenvalue weighted by molar-refractivity contribution is -0.149. The molecule has 1 aromatic heterocycles. The zero-order valence-electron chi connectivity index (χ0n) is 17.3. The summed E-state index contributed by atoms with van der Waals surface area (Å²) in [4.78, 5) is 27.5. The number of amides is 1. The van der Waals surface area contributed by atoms with Gasteiger partial charge < -0.3 is 9.64 Å². The Morgan fingerprint density at radius 2 is 1.87 bits per heavy atom. The number of carbonyl (C=O) groups excluding carboxylic acids is 2. The summed E-state index contributed by atoms with van der Waals surface area (Å²) in [5.41, 5.74) is 2.92. The average molecular weight is 438 g/mol. The van der Waals surface area contributed by atoms with Gasteiger partial charge in [0.15, 0.2) is 0 Å². The summed E-state index contributed by atoms with van der Waals surface area (Å²) in [5.74, 6) is -0.655. The molecule has 3 aromatic rings.